The molecule has 1 N–H and O–H groups in total. The summed E-state index contributed by atoms with van der Waals surface area (Å²) in [5.41, 5.74) is 1.73. The molecule has 0 aromatic carbocycles. The van der Waals surface area contributed by atoms with Gasteiger partial charge in [-0.05, 0) is 19.1 Å². The summed E-state index contributed by atoms with van der Waals surface area (Å²) in [4.78, 5) is 14.8. The van der Waals surface area contributed by atoms with Crippen molar-refractivity contribution in [2.45, 2.75) is 6.92 Å². The SMILES string of the molecule is Cc1cccc2ncc(C(=O)O)n12. The second-order valence-corrected chi connectivity index (χ2v) is 2.81. The van der Waals surface area contributed by atoms with Gasteiger partial charge in [0.1, 0.15) is 5.65 Å². The van der Waals surface area contributed by atoms with E-state index in [0.717, 1.165) is 5.69 Å². The van der Waals surface area contributed by atoms with Crippen molar-refractivity contribution in [1.29, 1.82) is 0 Å². The fraction of sp³-hybridized carbons (Fsp3) is 0.111. The number of aryl methyl sites for hydroxylation is 1. The molecule has 0 aliphatic heterocycles. The highest BCUT2D eigenvalue weighted by molar-refractivity contribution is 5.86. The predicted molar refractivity (Wildman–Crippen MR) is 46.9 cm³/mol. The molecular weight excluding hydrogens is 168 g/mol. The number of hydrogen-bond acceptors (Lipinski definition) is 2. The van der Waals surface area contributed by atoms with Gasteiger partial charge in [0.15, 0.2) is 5.69 Å². The molecule has 0 aliphatic rings. The average Bonchev–Trinajstić information content (AvgIpc) is 2.49. The van der Waals surface area contributed by atoms with Crippen molar-refractivity contribution >= 4 is 11.6 Å². The number of aromatic carboxylic acids is 1. The molecule has 13 heavy (non-hydrogen) atoms. The van der Waals surface area contributed by atoms with Crippen molar-refractivity contribution in [3.8, 4) is 0 Å². The Hall–Kier alpha value is -1.84. The van der Waals surface area contributed by atoms with Crippen LogP contribution in [0.1, 0.15) is 16.2 Å². The summed E-state index contributed by atoms with van der Waals surface area (Å²) in [6.45, 7) is 1.85. The number of hydrogen-bond donors (Lipinski definition) is 1. The fourth-order valence-electron chi connectivity index (χ4n) is 1.35. The number of imidazole rings is 1. The molecule has 0 radical (unpaired) electrons. The minimum atomic E-state index is -0.957. The first-order chi connectivity index (χ1) is 6.20. The van der Waals surface area contributed by atoms with Gasteiger partial charge in [0.05, 0.1) is 6.20 Å². The van der Waals surface area contributed by atoms with Gasteiger partial charge in [-0.15, -0.1) is 0 Å². The quantitative estimate of drug-likeness (QED) is 0.713. The van der Waals surface area contributed by atoms with Crippen LogP contribution in [0.15, 0.2) is 24.4 Å². The lowest BCUT2D eigenvalue weighted by molar-refractivity contribution is 0.0689. The maximum absolute atomic E-state index is 10.8. The molecule has 66 valence electrons. The first-order valence-corrected chi connectivity index (χ1v) is 3.86. The molecule has 4 heteroatoms. The van der Waals surface area contributed by atoms with Gasteiger partial charge in [0, 0.05) is 5.69 Å². The maximum atomic E-state index is 10.8. The third kappa shape index (κ3) is 1.07. The molecule has 0 spiro atoms. The van der Waals surface area contributed by atoms with E-state index in [1.165, 1.54) is 6.20 Å². The molecule has 0 unspecified atom stereocenters. The molecule has 0 bridgehead atoms. The smallest absolute Gasteiger partial charge is 0.354 e. The first-order valence-electron chi connectivity index (χ1n) is 3.86. The van der Waals surface area contributed by atoms with E-state index in [9.17, 15) is 4.79 Å². The molecule has 2 heterocycles. The molecule has 2 aromatic rings. The van der Waals surface area contributed by atoms with Crippen LogP contribution in [0, 0.1) is 6.92 Å². The largest absolute Gasteiger partial charge is 0.477 e. The number of nitrogens with zero attached hydrogens (tertiary/aromatic N) is 2. The van der Waals surface area contributed by atoms with Crippen molar-refractivity contribution in [1.82, 2.24) is 9.38 Å². The Balaban J connectivity index is 2.86. The summed E-state index contributed by atoms with van der Waals surface area (Å²) in [5.74, 6) is -0.957. The highest BCUT2D eigenvalue weighted by atomic mass is 16.4. The maximum Gasteiger partial charge on any atom is 0.354 e. The molecule has 0 aliphatic carbocycles. The lowest BCUT2D eigenvalue weighted by Gasteiger charge is -2.00. The van der Waals surface area contributed by atoms with Crippen LogP contribution < -0.4 is 0 Å². The Morgan fingerprint density at radius 1 is 1.54 bits per heavy atom. The second-order valence-electron chi connectivity index (χ2n) is 2.81. The Labute approximate surface area is 74.5 Å². The number of carbonyl (C=O) groups is 1. The molecule has 0 fully saturated rings. The van der Waals surface area contributed by atoms with E-state index in [-0.39, 0.29) is 5.69 Å². The van der Waals surface area contributed by atoms with Crippen LogP contribution in [0.4, 0.5) is 0 Å². The van der Waals surface area contributed by atoms with Gasteiger partial charge >= 0.3 is 5.97 Å². The third-order valence-electron chi connectivity index (χ3n) is 1.94. The lowest BCUT2D eigenvalue weighted by Crippen LogP contribution is -2.03. The van der Waals surface area contributed by atoms with E-state index in [4.69, 9.17) is 5.11 Å². The summed E-state index contributed by atoms with van der Waals surface area (Å²) in [6, 6.07) is 5.48. The van der Waals surface area contributed by atoms with Crippen molar-refractivity contribution in [3.05, 3.63) is 35.8 Å². The minimum absolute atomic E-state index is 0.202. The molecule has 0 amide bonds. The molecule has 0 saturated carbocycles. The highest BCUT2D eigenvalue weighted by Crippen LogP contribution is 2.09. The van der Waals surface area contributed by atoms with E-state index in [1.54, 1.807) is 10.5 Å². The van der Waals surface area contributed by atoms with Gasteiger partial charge in [-0.3, -0.25) is 4.40 Å². The minimum Gasteiger partial charge on any atom is -0.477 e. The fourth-order valence-corrected chi connectivity index (χ4v) is 1.35. The lowest BCUT2D eigenvalue weighted by atomic mass is 10.3. The van der Waals surface area contributed by atoms with Crippen LogP contribution in [0.2, 0.25) is 0 Å². The first kappa shape index (κ1) is 7.79. The predicted octanol–water partition coefficient (Wildman–Crippen LogP) is 1.34. The van der Waals surface area contributed by atoms with Crippen LogP contribution in [0.5, 0.6) is 0 Å². The standard InChI is InChI=1S/C9H8N2O2/c1-6-3-2-4-8-10-5-7(9(12)13)11(6)8/h2-5H,1H3,(H,12,13). The topological polar surface area (TPSA) is 54.6 Å². The zero-order valence-corrected chi connectivity index (χ0v) is 7.06. The van der Waals surface area contributed by atoms with Crippen molar-refractivity contribution in [2.75, 3.05) is 0 Å². The van der Waals surface area contributed by atoms with E-state index < -0.39 is 5.97 Å². The molecular formula is C9H8N2O2. The molecule has 2 rings (SSSR count). The third-order valence-corrected chi connectivity index (χ3v) is 1.94. The number of pyridine rings is 1. The Kier molecular flexibility index (Phi) is 1.55. The van der Waals surface area contributed by atoms with Gasteiger partial charge in [-0.1, -0.05) is 6.07 Å². The van der Waals surface area contributed by atoms with Gasteiger partial charge < -0.3 is 5.11 Å². The molecule has 4 nitrogen and oxygen atoms in total. The zero-order valence-electron chi connectivity index (χ0n) is 7.06. The molecule has 0 atom stereocenters. The van der Waals surface area contributed by atoms with Crippen LogP contribution in [-0.2, 0) is 0 Å². The van der Waals surface area contributed by atoms with E-state index in [1.807, 2.05) is 19.1 Å². The van der Waals surface area contributed by atoms with E-state index in [2.05, 4.69) is 4.98 Å². The monoisotopic (exact) mass is 176 g/mol. The molecule has 0 saturated heterocycles. The number of carboxylic acids is 1. The summed E-state index contributed by atoms with van der Waals surface area (Å²) in [5, 5.41) is 8.84. The van der Waals surface area contributed by atoms with Crippen LogP contribution in [0.25, 0.3) is 5.65 Å². The average molecular weight is 176 g/mol. The Morgan fingerprint density at radius 3 is 3.00 bits per heavy atom. The van der Waals surface area contributed by atoms with E-state index >= 15 is 0 Å². The summed E-state index contributed by atoms with van der Waals surface area (Å²) in [6.07, 6.45) is 1.37. The van der Waals surface area contributed by atoms with Crippen molar-refractivity contribution < 1.29 is 9.90 Å². The Morgan fingerprint density at radius 2 is 2.31 bits per heavy atom. The van der Waals surface area contributed by atoms with Crippen molar-refractivity contribution in [3.63, 3.8) is 0 Å². The Bertz CT molecular complexity index is 473. The van der Waals surface area contributed by atoms with Gasteiger partial charge in [0.25, 0.3) is 0 Å². The summed E-state index contributed by atoms with van der Waals surface area (Å²) in [7, 11) is 0. The highest BCUT2D eigenvalue weighted by Gasteiger charge is 2.10. The van der Waals surface area contributed by atoms with Crippen molar-refractivity contribution in [2.24, 2.45) is 0 Å². The van der Waals surface area contributed by atoms with Gasteiger partial charge in [-0.2, -0.15) is 0 Å². The molecule has 2 aromatic heterocycles. The number of rotatable bonds is 1. The second kappa shape index (κ2) is 2.58. The van der Waals surface area contributed by atoms with Crippen LogP contribution in [0.3, 0.4) is 0 Å². The van der Waals surface area contributed by atoms with Gasteiger partial charge in [-0.25, -0.2) is 9.78 Å². The van der Waals surface area contributed by atoms with Gasteiger partial charge in [0.2, 0.25) is 0 Å². The van der Waals surface area contributed by atoms with E-state index in [0.29, 0.717) is 5.65 Å². The number of carboxylic acid groups (broad SMARTS) is 1. The van der Waals surface area contributed by atoms with Crippen LogP contribution in [-0.4, -0.2) is 20.5 Å². The number of aromatic nitrogens is 2. The summed E-state index contributed by atoms with van der Waals surface area (Å²) >= 11 is 0. The number of fused-ring (bicyclic) bond motifs is 1. The zero-order chi connectivity index (χ0) is 9.42. The normalized spacial score (nSPS) is 10.5. The summed E-state index contributed by atoms with van der Waals surface area (Å²) < 4.78 is 1.61. The van der Waals surface area contributed by atoms with Crippen LogP contribution >= 0.6 is 0 Å².